The summed E-state index contributed by atoms with van der Waals surface area (Å²) in [5.74, 6) is 0.935. The van der Waals surface area contributed by atoms with Crippen LogP contribution in [0.2, 0.25) is 0 Å². The maximum Gasteiger partial charge on any atom is 0.239 e. The van der Waals surface area contributed by atoms with E-state index in [0.29, 0.717) is 26.1 Å². The Hall–Kier alpha value is -3.06. The highest BCUT2D eigenvalue weighted by Gasteiger charge is 2.40. The standard InChI is InChI=1S/C23H25N3O4/c27-22(19-8-9-26(23(19)28)18-4-2-1-3-5-18)25-12-10-24(11-13-25)15-17-6-7-20-21(14-17)30-16-29-20/h1-7,14,19H,8-13,15-16H2/t19-/m1/s1. The fourth-order valence-corrected chi connectivity index (χ4v) is 4.42. The highest BCUT2D eigenvalue weighted by molar-refractivity contribution is 6.09. The van der Waals surface area contributed by atoms with E-state index in [4.69, 9.17) is 9.47 Å². The molecule has 156 valence electrons. The first-order valence-corrected chi connectivity index (χ1v) is 10.4. The topological polar surface area (TPSA) is 62.3 Å². The maximum absolute atomic E-state index is 13.0. The van der Waals surface area contributed by atoms with E-state index in [1.165, 1.54) is 5.56 Å². The third kappa shape index (κ3) is 3.61. The van der Waals surface area contributed by atoms with Gasteiger partial charge in [0, 0.05) is 45.0 Å². The average Bonchev–Trinajstić information content (AvgIpc) is 3.40. The molecular weight excluding hydrogens is 382 g/mol. The number of piperazine rings is 1. The van der Waals surface area contributed by atoms with Crippen molar-refractivity contribution in [1.82, 2.24) is 9.80 Å². The van der Waals surface area contributed by atoms with E-state index in [9.17, 15) is 9.59 Å². The van der Waals surface area contributed by atoms with Crippen LogP contribution in [0.15, 0.2) is 48.5 Å². The number of anilines is 1. The van der Waals surface area contributed by atoms with E-state index in [0.717, 1.165) is 36.8 Å². The predicted octanol–water partition coefficient (Wildman–Crippen LogP) is 2.11. The van der Waals surface area contributed by atoms with Gasteiger partial charge in [0.05, 0.1) is 0 Å². The summed E-state index contributed by atoms with van der Waals surface area (Å²) >= 11 is 0. The van der Waals surface area contributed by atoms with Gasteiger partial charge >= 0.3 is 0 Å². The van der Waals surface area contributed by atoms with Crippen molar-refractivity contribution in [1.29, 1.82) is 0 Å². The van der Waals surface area contributed by atoms with E-state index >= 15 is 0 Å². The molecule has 1 atom stereocenters. The van der Waals surface area contributed by atoms with Gasteiger partial charge in [-0.05, 0) is 36.2 Å². The van der Waals surface area contributed by atoms with Crippen LogP contribution in [0, 0.1) is 5.92 Å². The number of hydrogen-bond acceptors (Lipinski definition) is 5. The zero-order valence-electron chi connectivity index (χ0n) is 16.8. The van der Waals surface area contributed by atoms with E-state index in [1.807, 2.05) is 47.4 Å². The van der Waals surface area contributed by atoms with E-state index in [2.05, 4.69) is 11.0 Å². The second-order valence-corrected chi connectivity index (χ2v) is 7.96. The van der Waals surface area contributed by atoms with Crippen LogP contribution in [-0.2, 0) is 16.1 Å². The van der Waals surface area contributed by atoms with Crippen molar-refractivity contribution in [3.63, 3.8) is 0 Å². The SMILES string of the molecule is O=C([C@H]1CCN(c2ccccc2)C1=O)N1CCN(Cc2ccc3c(c2)OCO3)CC1. The molecule has 2 fully saturated rings. The lowest BCUT2D eigenvalue weighted by Gasteiger charge is -2.35. The molecule has 7 nitrogen and oxygen atoms in total. The highest BCUT2D eigenvalue weighted by Crippen LogP contribution is 2.33. The van der Waals surface area contributed by atoms with Crippen LogP contribution in [0.3, 0.4) is 0 Å². The highest BCUT2D eigenvalue weighted by atomic mass is 16.7. The Morgan fingerprint density at radius 2 is 1.70 bits per heavy atom. The van der Waals surface area contributed by atoms with Crippen LogP contribution < -0.4 is 14.4 Å². The summed E-state index contributed by atoms with van der Waals surface area (Å²) in [7, 11) is 0. The number of rotatable bonds is 4. The molecule has 5 rings (SSSR count). The molecule has 0 saturated carbocycles. The lowest BCUT2D eigenvalue weighted by atomic mass is 10.1. The Balaban J connectivity index is 1.16. The van der Waals surface area contributed by atoms with Gasteiger partial charge in [-0.3, -0.25) is 14.5 Å². The quantitative estimate of drug-likeness (QED) is 0.727. The summed E-state index contributed by atoms with van der Waals surface area (Å²) < 4.78 is 10.8. The second-order valence-electron chi connectivity index (χ2n) is 7.96. The van der Waals surface area contributed by atoms with Crippen molar-refractivity contribution in [2.45, 2.75) is 13.0 Å². The van der Waals surface area contributed by atoms with E-state index in [-0.39, 0.29) is 18.6 Å². The summed E-state index contributed by atoms with van der Waals surface area (Å²) in [6.45, 7) is 4.58. The summed E-state index contributed by atoms with van der Waals surface area (Å²) in [5, 5.41) is 0. The fraction of sp³-hybridized carbons (Fsp3) is 0.391. The summed E-state index contributed by atoms with van der Waals surface area (Å²) in [6, 6.07) is 15.6. The van der Waals surface area contributed by atoms with Crippen LogP contribution in [0.4, 0.5) is 5.69 Å². The molecule has 3 aliphatic heterocycles. The minimum absolute atomic E-state index is 0.0267. The van der Waals surface area contributed by atoms with Crippen LogP contribution in [0.1, 0.15) is 12.0 Å². The molecule has 0 aliphatic carbocycles. The molecule has 3 aliphatic rings. The minimum atomic E-state index is -0.550. The Kier molecular flexibility index (Phi) is 5.04. The molecule has 0 unspecified atom stereocenters. The maximum atomic E-state index is 13.0. The van der Waals surface area contributed by atoms with Gasteiger partial charge in [0.1, 0.15) is 5.92 Å². The molecule has 2 amide bonds. The third-order valence-corrected chi connectivity index (χ3v) is 6.10. The number of ether oxygens (including phenoxy) is 2. The molecule has 0 bridgehead atoms. The Labute approximate surface area is 175 Å². The van der Waals surface area contributed by atoms with Gasteiger partial charge in [0.15, 0.2) is 11.5 Å². The van der Waals surface area contributed by atoms with Gasteiger partial charge in [-0.25, -0.2) is 0 Å². The van der Waals surface area contributed by atoms with Gasteiger partial charge in [-0.1, -0.05) is 24.3 Å². The molecule has 3 heterocycles. The van der Waals surface area contributed by atoms with Crippen LogP contribution in [-0.4, -0.2) is 61.1 Å². The first-order chi connectivity index (χ1) is 14.7. The monoisotopic (exact) mass is 407 g/mol. The van der Waals surface area contributed by atoms with Gasteiger partial charge in [0.2, 0.25) is 18.6 Å². The third-order valence-electron chi connectivity index (χ3n) is 6.10. The van der Waals surface area contributed by atoms with Gasteiger partial charge < -0.3 is 19.3 Å². The number of nitrogens with zero attached hydrogens (tertiary/aromatic N) is 3. The van der Waals surface area contributed by atoms with Crippen molar-refractivity contribution in [2.75, 3.05) is 44.4 Å². The first kappa shape index (κ1) is 18.9. The molecule has 2 aromatic rings. The zero-order chi connectivity index (χ0) is 20.5. The van der Waals surface area contributed by atoms with Crippen LogP contribution in [0.25, 0.3) is 0 Å². The first-order valence-electron chi connectivity index (χ1n) is 10.4. The molecule has 7 heteroatoms. The van der Waals surface area contributed by atoms with Crippen LogP contribution >= 0.6 is 0 Å². The Morgan fingerprint density at radius 1 is 0.933 bits per heavy atom. The van der Waals surface area contributed by atoms with Gasteiger partial charge in [-0.15, -0.1) is 0 Å². The number of benzene rings is 2. The van der Waals surface area contributed by atoms with E-state index < -0.39 is 5.92 Å². The second kappa shape index (κ2) is 7.99. The summed E-state index contributed by atoms with van der Waals surface area (Å²) in [6.07, 6.45) is 0.587. The fourth-order valence-electron chi connectivity index (χ4n) is 4.42. The summed E-state index contributed by atoms with van der Waals surface area (Å²) in [5.41, 5.74) is 2.04. The van der Waals surface area contributed by atoms with Gasteiger partial charge in [0.25, 0.3) is 0 Å². The molecular formula is C23H25N3O4. The van der Waals surface area contributed by atoms with Gasteiger partial charge in [-0.2, -0.15) is 0 Å². The molecule has 2 saturated heterocycles. The molecule has 0 spiro atoms. The number of carbonyl (C=O) groups is 2. The van der Waals surface area contributed by atoms with Crippen molar-refractivity contribution in [3.8, 4) is 11.5 Å². The lowest BCUT2D eigenvalue weighted by Crippen LogP contribution is -2.51. The molecule has 0 N–H and O–H groups in total. The Morgan fingerprint density at radius 3 is 2.50 bits per heavy atom. The minimum Gasteiger partial charge on any atom is -0.454 e. The lowest BCUT2D eigenvalue weighted by molar-refractivity contribution is -0.141. The predicted molar refractivity (Wildman–Crippen MR) is 111 cm³/mol. The zero-order valence-corrected chi connectivity index (χ0v) is 16.8. The Bertz CT molecular complexity index is 941. The summed E-state index contributed by atoms with van der Waals surface area (Å²) in [4.78, 5) is 31.8. The normalized spacial score (nSPS) is 21.3. The van der Waals surface area contributed by atoms with Crippen molar-refractivity contribution in [3.05, 3.63) is 54.1 Å². The molecule has 30 heavy (non-hydrogen) atoms. The van der Waals surface area contributed by atoms with E-state index in [1.54, 1.807) is 4.90 Å². The molecule has 2 aromatic carbocycles. The molecule has 0 aromatic heterocycles. The molecule has 0 radical (unpaired) electrons. The number of carbonyl (C=O) groups excluding carboxylic acids is 2. The van der Waals surface area contributed by atoms with Crippen molar-refractivity contribution < 1.29 is 19.1 Å². The average molecular weight is 407 g/mol. The number of para-hydroxylation sites is 1. The number of fused-ring (bicyclic) bond motifs is 1. The number of amides is 2. The van der Waals surface area contributed by atoms with Crippen molar-refractivity contribution in [2.24, 2.45) is 5.92 Å². The number of hydrogen-bond donors (Lipinski definition) is 0. The van der Waals surface area contributed by atoms with Crippen LogP contribution in [0.5, 0.6) is 11.5 Å². The van der Waals surface area contributed by atoms with Crippen molar-refractivity contribution >= 4 is 17.5 Å². The smallest absolute Gasteiger partial charge is 0.239 e. The largest absolute Gasteiger partial charge is 0.454 e.